The second kappa shape index (κ2) is 6.61. The maximum atomic E-state index is 12.4. The number of imidazole rings is 1. The number of hydrogen-bond acceptors (Lipinski definition) is 6. The van der Waals surface area contributed by atoms with E-state index in [-0.39, 0.29) is 11.6 Å². The molecule has 3 aromatic heterocycles. The van der Waals surface area contributed by atoms with E-state index >= 15 is 0 Å². The van der Waals surface area contributed by atoms with Crippen molar-refractivity contribution in [3.63, 3.8) is 0 Å². The quantitative estimate of drug-likeness (QED) is 0.687. The molecule has 1 aliphatic carbocycles. The first-order chi connectivity index (χ1) is 13.3. The van der Waals surface area contributed by atoms with Gasteiger partial charge in [-0.15, -0.1) is 0 Å². The van der Waals surface area contributed by atoms with Gasteiger partial charge in [0.25, 0.3) is 5.56 Å². The van der Waals surface area contributed by atoms with E-state index in [2.05, 4.69) is 31.0 Å². The van der Waals surface area contributed by atoms with Gasteiger partial charge in [-0.2, -0.15) is 5.10 Å². The summed E-state index contributed by atoms with van der Waals surface area (Å²) < 4.78 is 3.36. The summed E-state index contributed by atoms with van der Waals surface area (Å²) in [4.78, 5) is 27.6. The normalized spacial score (nSPS) is 19.6. The highest BCUT2D eigenvalue weighted by molar-refractivity contribution is 5.42. The summed E-state index contributed by atoms with van der Waals surface area (Å²) in [5.41, 5.74) is 1.05. The summed E-state index contributed by atoms with van der Waals surface area (Å²) in [6.07, 6.45) is 11.4. The molecule has 0 N–H and O–H groups in total. The van der Waals surface area contributed by atoms with Gasteiger partial charge in [-0.1, -0.05) is 0 Å². The van der Waals surface area contributed by atoms with E-state index < -0.39 is 0 Å². The molecule has 27 heavy (non-hydrogen) atoms. The fraction of sp³-hybridized carbons (Fsp3) is 0.421. The Morgan fingerprint density at radius 2 is 2.04 bits per heavy atom. The number of anilines is 1. The zero-order chi connectivity index (χ0) is 18.2. The molecule has 1 unspecified atom stereocenters. The van der Waals surface area contributed by atoms with E-state index in [1.807, 2.05) is 6.20 Å². The molecular formula is C19H21N7O. The summed E-state index contributed by atoms with van der Waals surface area (Å²) in [6.45, 7) is 1.49. The lowest BCUT2D eigenvalue weighted by molar-refractivity contribution is 0.484. The van der Waals surface area contributed by atoms with Gasteiger partial charge in [0.05, 0.1) is 12.6 Å². The van der Waals surface area contributed by atoms with Gasteiger partial charge in [0, 0.05) is 42.7 Å². The van der Waals surface area contributed by atoms with Crippen LogP contribution in [0.5, 0.6) is 0 Å². The van der Waals surface area contributed by atoms with E-state index in [1.165, 1.54) is 12.8 Å². The van der Waals surface area contributed by atoms with Crippen molar-refractivity contribution >= 4 is 5.82 Å². The van der Waals surface area contributed by atoms with E-state index in [9.17, 15) is 4.79 Å². The lowest BCUT2D eigenvalue weighted by Gasteiger charge is -2.26. The minimum absolute atomic E-state index is 0.0907. The van der Waals surface area contributed by atoms with Crippen molar-refractivity contribution in [1.82, 2.24) is 29.3 Å². The Bertz CT molecular complexity index is 993. The first kappa shape index (κ1) is 16.2. The predicted molar refractivity (Wildman–Crippen MR) is 100.0 cm³/mol. The molecule has 2 aliphatic rings. The van der Waals surface area contributed by atoms with Crippen LogP contribution in [0.1, 0.15) is 37.3 Å². The predicted octanol–water partition coefficient (Wildman–Crippen LogP) is 1.77. The smallest absolute Gasteiger partial charge is 0.266 e. The zero-order valence-corrected chi connectivity index (χ0v) is 15.0. The summed E-state index contributed by atoms with van der Waals surface area (Å²) in [6, 6.07) is 5.61. The summed E-state index contributed by atoms with van der Waals surface area (Å²) >= 11 is 0. The first-order valence-corrected chi connectivity index (χ1v) is 9.43. The topological polar surface area (TPSA) is 81.7 Å². The Hall–Kier alpha value is -3.03. The van der Waals surface area contributed by atoms with E-state index in [0.717, 1.165) is 30.9 Å². The van der Waals surface area contributed by atoms with Crippen LogP contribution < -0.4 is 10.5 Å². The second-order valence-corrected chi connectivity index (χ2v) is 7.25. The summed E-state index contributed by atoms with van der Waals surface area (Å²) in [7, 11) is 0. The third-order valence-corrected chi connectivity index (χ3v) is 5.35. The number of nitrogens with zero attached hydrogens (tertiary/aromatic N) is 7. The molecule has 0 amide bonds. The van der Waals surface area contributed by atoms with Gasteiger partial charge in [-0.25, -0.2) is 19.6 Å². The SMILES string of the molecule is O=c1ccc(-n2ccnc2)nn1CC1CCCN1c1cc(C2CC2)ncn1. The van der Waals surface area contributed by atoms with Gasteiger partial charge in [-0.3, -0.25) is 9.36 Å². The Morgan fingerprint density at radius 3 is 2.85 bits per heavy atom. The fourth-order valence-electron chi connectivity index (χ4n) is 3.75. The average Bonchev–Trinajstić information content (AvgIpc) is 3.20. The van der Waals surface area contributed by atoms with Crippen molar-refractivity contribution in [2.45, 2.75) is 44.2 Å². The van der Waals surface area contributed by atoms with Crippen molar-refractivity contribution in [2.75, 3.05) is 11.4 Å². The average molecular weight is 363 g/mol. The molecule has 1 atom stereocenters. The molecule has 3 aromatic rings. The highest BCUT2D eigenvalue weighted by atomic mass is 16.1. The molecule has 1 saturated heterocycles. The van der Waals surface area contributed by atoms with Crippen molar-refractivity contribution in [2.24, 2.45) is 0 Å². The van der Waals surface area contributed by atoms with Gasteiger partial charge >= 0.3 is 0 Å². The summed E-state index contributed by atoms with van der Waals surface area (Å²) in [5.74, 6) is 2.26. The monoisotopic (exact) mass is 363 g/mol. The van der Waals surface area contributed by atoms with Crippen LogP contribution in [-0.2, 0) is 6.54 Å². The molecule has 5 rings (SSSR count). The molecule has 0 radical (unpaired) electrons. The Kier molecular flexibility index (Phi) is 3.95. The van der Waals surface area contributed by atoms with Crippen LogP contribution in [0.4, 0.5) is 5.82 Å². The lowest BCUT2D eigenvalue weighted by atomic mass is 10.2. The van der Waals surface area contributed by atoms with Crippen molar-refractivity contribution in [3.8, 4) is 5.82 Å². The molecule has 1 aliphatic heterocycles. The maximum absolute atomic E-state index is 12.4. The molecule has 1 saturated carbocycles. The maximum Gasteiger partial charge on any atom is 0.266 e. The van der Waals surface area contributed by atoms with Gasteiger partial charge in [0.1, 0.15) is 18.5 Å². The van der Waals surface area contributed by atoms with Crippen LogP contribution in [-0.4, -0.2) is 41.9 Å². The van der Waals surface area contributed by atoms with Crippen LogP contribution in [0, 0.1) is 0 Å². The largest absolute Gasteiger partial charge is 0.352 e. The molecule has 8 nitrogen and oxygen atoms in total. The Morgan fingerprint density at radius 1 is 1.11 bits per heavy atom. The van der Waals surface area contributed by atoms with Crippen LogP contribution in [0.2, 0.25) is 0 Å². The molecule has 8 heteroatoms. The second-order valence-electron chi connectivity index (χ2n) is 7.25. The molecule has 4 heterocycles. The number of rotatable bonds is 5. The first-order valence-electron chi connectivity index (χ1n) is 9.43. The van der Waals surface area contributed by atoms with Gasteiger partial charge in [0.2, 0.25) is 0 Å². The minimum Gasteiger partial charge on any atom is -0.352 e. The molecule has 0 aromatic carbocycles. The highest BCUT2D eigenvalue weighted by Gasteiger charge is 2.29. The van der Waals surface area contributed by atoms with Crippen molar-refractivity contribution < 1.29 is 0 Å². The third-order valence-electron chi connectivity index (χ3n) is 5.35. The molecular weight excluding hydrogens is 342 g/mol. The summed E-state index contributed by atoms with van der Waals surface area (Å²) in [5, 5.41) is 4.53. The van der Waals surface area contributed by atoms with Gasteiger partial charge in [-0.05, 0) is 31.7 Å². The van der Waals surface area contributed by atoms with Crippen LogP contribution in [0.15, 0.2) is 48.0 Å². The fourth-order valence-corrected chi connectivity index (χ4v) is 3.75. The standard InChI is InChI=1S/C19H21N7O/c27-19-6-5-17(24-9-7-20-13-24)23-26(19)11-15-2-1-8-25(15)18-10-16(14-3-4-14)21-12-22-18/h5-7,9-10,12-15H,1-4,8,11H2. The van der Waals surface area contributed by atoms with Crippen LogP contribution in [0.3, 0.4) is 0 Å². The lowest BCUT2D eigenvalue weighted by Crippen LogP contribution is -2.37. The van der Waals surface area contributed by atoms with E-state index in [1.54, 1.807) is 40.2 Å². The number of hydrogen-bond donors (Lipinski definition) is 0. The molecule has 138 valence electrons. The highest BCUT2D eigenvalue weighted by Crippen LogP contribution is 2.39. The minimum atomic E-state index is -0.0907. The Balaban J connectivity index is 1.41. The third kappa shape index (κ3) is 3.22. The van der Waals surface area contributed by atoms with E-state index in [4.69, 9.17) is 0 Å². The van der Waals surface area contributed by atoms with Crippen LogP contribution >= 0.6 is 0 Å². The molecule has 2 fully saturated rings. The van der Waals surface area contributed by atoms with Crippen LogP contribution in [0.25, 0.3) is 5.82 Å². The zero-order valence-electron chi connectivity index (χ0n) is 15.0. The van der Waals surface area contributed by atoms with Crippen molar-refractivity contribution in [3.05, 3.63) is 59.3 Å². The van der Waals surface area contributed by atoms with Crippen molar-refractivity contribution in [1.29, 1.82) is 0 Å². The number of aromatic nitrogens is 6. The molecule has 0 spiro atoms. The van der Waals surface area contributed by atoms with E-state index in [0.29, 0.717) is 18.3 Å². The molecule has 0 bridgehead atoms. The van der Waals surface area contributed by atoms with Gasteiger partial charge < -0.3 is 4.90 Å². The Labute approximate surface area is 156 Å². The van der Waals surface area contributed by atoms with Gasteiger partial charge in [0.15, 0.2) is 5.82 Å².